The monoisotopic (exact) mass is 345 g/mol. The van der Waals surface area contributed by atoms with Crippen LogP contribution < -0.4 is 0 Å². The summed E-state index contributed by atoms with van der Waals surface area (Å²) in [7, 11) is 0. The predicted molar refractivity (Wildman–Crippen MR) is 98.5 cm³/mol. The van der Waals surface area contributed by atoms with Crippen LogP contribution in [-0.4, -0.2) is 36.8 Å². The van der Waals surface area contributed by atoms with E-state index in [1.54, 1.807) is 0 Å². The molecule has 1 saturated carbocycles. The van der Waals surface area contributed by atoms with Crippen molar-refractivity contribution >= 4 is 6.09 Å². The third kappa shape index (κ3) is 4.97. The fourth-order valence-corrected chi connectivity index (χ4v) is 4.14. The third-order valence-electron chi connectivity index (χ3n) is 5.51. The number of nitrogens with zero attached hydrogens (tertiary/aromatic N) is 1. The summed E-state index contributed by atoms with van der Waals surface area (Å²) in [5, 5.41) is 0. The topological polar surface area (TPSA) is 38.8 Å². The Kier molecular flexibility index (Phi) is 6.74. The van der Waals surface area contributed by atoms with Crippen molar-refractivity contribution in [2.75, 3.05) is 19.7 Å². The largest absolute Gasteiger partial charge is 0.450 e. The van der Waals surface area contributed by atoms with Crippen LogP contribution in [0.2, 0.25) is 0 Å². The Bertz CT molecular complexity index is 519. The number of carbonyl (C=O) groups excluding carboxylic acids is 1. The third-order valence-corrected chi connectivity index (χ3v) is 5.51. The highest BCUT2D eigenvalue weighted by Gasteiger charge is 2.31. The van der Waals surface area contributed by atoms with Crippen LogP contribution in [0, 0.1) is 5.92 Å². The molecule has 0 radical (unpaired) electrons. The van der Waals surface area contributed by atoms with Gasteiger partial charge in [-0.05, 0) is 44.1 Å². The van der Waals surface area contributed by atoms with E-state index >= 15 is 0 Å². The molecule has 1 amide bonds. The number of benzene rings is 1. The molecule has 4 nitrogen and oxygen atoms in total. The fraction of sp³-hybridized carbons (Fsp3) is 0.667. The predicted octanol–water partition coefficient (Wildman–Crippen LogP) is 4.95. The van der Waals surface area contributed by atoms with Gasteiger partial charge in [-0.2, -0.15) is 0 Å². The van der Waals surface area contributed by atoms with Crippen molar-refractivity contribution in [3.8, 4) is 0 Å². The molecule has 1 unspecified atom stereocenters. The molecule has 1 aromatic carbocycles. The van der Waals surface area contributed by atoms with Crippen LogP contribution >= 0.6 is 0 Å². The smallest absolute Gasteiger partial charge is 0.409 e. The van der Waals surface area contributed by atoms with Crippen LogP contribution in [0.4, 0.5) is 4.79 Å². The number of ether oxygens (including phenoxy) is 2. The average Bonchev–Trinajstić information content (AvgIpc) is 2.68. The maximum absolute atomic E-state index is 11.9. The van der Waals surface area contributed by atoms with Gasteiger partial charge in [0, 0.05) is 13.1 Å². The Labute approximate surface area is 151 Å². The van der Waals surface area contributed by atoms with Gasteiger partial charge in [-0.25, -0.2) is 4.79 Å². The molecule has 1 atom stereocenters. The van der Waals surface area contributed by atoms with Gasteiger partial charge in [-0.15, -0.1) is 0 Å². The molecular weight excluding hydrogens is 314 g/mol. The molecule has 1 aliphatic heterocycles. The molecule has 0 spiro atoms. The lowest BCUT2D eigenvalue weighted by molar-refractivity contribution is -0.0739. The van der Waals surface area contributed by atoms with Crippen molar-refractivity contribution in [3.63, 3.8) is 0 Å². The molecule has 0 aromatic heterocycles. The van der Waals surface area contributed by atoms with Crippen molar-refractivity contribution in [1.82, 2.24) is 4.90 Å². The van der Waals surface area contributed by atoms with Crippen LogP contribution in [0.5, 0.6) is 0 Å². The minimum absolute atomic E-state index is 0.187. The minimum atomic E-state index is -0.187. The van der Waals surface area contributed by atoms with E-state index in [9.17, 15) is 4.79 Å². The average molecular weight is 345 g/mol. The lowest BCUT2D eigenvalue weighted by Crippen LogP contribution is -2.41. The molecular formula is C21H31NO3. The van der Waals surface area contributed by atoms with Crippen LogP contribution in [-0.2, 0) is 9.47 Å². The van der Waals surface area contributed by atoms with E-state index in [-0.39, 0.29) is 18.3 Å². The number of carbonyl (C=O) groups is 1. The second-order valence-electron chi connectivity index (χ2n) is 7.25. The standard InChI is InChI=1S/C21H31NO3/c1-2-24-21(23)22-15-13-19(14-16-22)25-20(17-9-5-3-6-10-17)18-11-7-4-8-12-18/h3,5-6,9-10,18-20H,2,4,7-8,11-16H2,1H3. The number of piperidine rings is 1. The van der Waals surface area contributed by atoms with Crippen LogP contribution in [0.1, 0.15) is 63.5 Å². The van der Waals surface area contributed by atoms with E-state index in [1.165, 1.54) is 37.7 Å². The molecule has 1 heterocycles. The Morgan fingerprint density at radius 3 is 2.40 bits per heavy atom. The second kappa shape index (κ2) is 9.23. The van der Waals surface area contributed by atoms with Gasteiger partial charge < -0.3 is 14.4 Å². The molecule has 1 aliphatic carbocycles. The maximum atomic E-state index is 11.9. The summed E-state index contributed by atoms with van der Waals surface area (Å²) in [6.07, 6.45) is 8.56. The number of amides is 1. The van der Waals surface area contributed by atoms with Crippen molar-refractivity contribution in [2.45, 2.75) is 64.1 Å². The zero-order chi connectivity index (χ0) is 17.5. The van der Waals surface area contributed by atoms with Gasteiger partial charge in [0.05, 0.1) is 18.8 Å². The van der Waals surface area contributed by atoms with Crippen LogP contribution in [0.3, 0.4) is 0 Å². The molecule has 3 rings (SSSR count). The highest BCUT2D eigenvalue weighted by molar-refractivity contribution is 5.67. The first-order valence-corrected chi connectivity index (χ1v) is 9.90. The van der Waals surface area contributed by atoms with Crippen molar-refractivity contribution in [2.24, 2.45) is 5.92 Å². The quantitative estimate of drug-likeness (QED) is 0.758. The van der Waals surface area contributed by atoms with Crippen molar-refractivity contribution < 1.29 is 14.3 Å². The lowest BCUT2D eigenvalue weighted by atomic mass is 9.82. The lowest BCUT2D eigenvalue weighted by Gasteiger charge is -2.37. The Hall–Kier alpha value is -1.55. The van der Waals surface area contributed by atoms with Gasteiger partial charge in [0.1, 0.15) is 0 Å². The Balaban J connectivity index is 1.60. The molecule has 1 aromatic rings. The minimum Gasteiger partial charge on any atom is -0.450 e. The molecule has 0 N–H and O–H groups in total. The van der Waals surface area contributed by atoms with E-state index in [1.807, 2.05) is 11.8 Å². The van der Waals surface area contributed by atoms with Crippen LogP contribution in [0.15, 0.2) is 30.3 Å². The van der Waals surface area contributed by atoms with E-state index in [4.69, 9.17) is 9.47 Å². The van der Waals surface area contributed by atoms with Gasteiger partial charge >= 0.3 is 6.09 Å². The SMILES string of the molecule is CCOC(=O)N1CCC(OC(c2ccccc2)C2CCCCC2)CC1. The summed E-state index contributed by atoms with van der Waals surface area (Å²) in [6, 6.07) is 10.7. The molecule has 1 saturated heterocycles. The highest BCUT2D eigenvalue weighted by atomic mass is 16.6. The summed E-state index contributed by atoms with van der Waals surface area (Å²) in [4.78, 5) is 13.7. The van der Waals surface area contributed by atoms with Gasteiger partial charge in [-0.1, -0.05) is 49.6 Å². The Morgan fingerprint density at radius 1 is 1.08 bits per heavy atom. The first kappa shape index (κ1) is 18.2. The van der Waals surface area contributed by atoms with Gasteiger partial charge in [0.25, 0.3) is 0 Å². The molecule has 138 valence electrons. The number of hydrogen-bond donors (Lipinski definition) is 0. The number of rotatable bonds is 5. The van der Waals surface area contributed by atoms with Crippen LogP contribution in [0.25, 0.3) is 0 Å². The van der Waals surface area contributed by atoms with Gasteiger partial charge in [-0.3, -0.25) is 0 Å². The van der Waals surface area contributed by atoms with E-state index in [0.717, 1.165) is 25.9 Å². The fourth-order valence-electron chi connectivity index (χ4n) is 4.14. The normalized spacial score (nSPS) is 21.1. The second-order valence-corrected chi connectivity index (χ2v) is 7.25. The Morgan fingerprint density at radius 2 is 1.76 bits per heavy atom. The van der Waals surface area contributed by atoms with E-state index < -0.39 is 0 Å². The molecule has 2 fully saturated rings. The van der Waals surface area contributed by atoms with E-state index in [0.29, 0.717) is 12.5 Å². The molecule has 0 bridgehead atoms. The van der Waals surface area contributed by atoms with E-state index in [2.05, 4.69) is 30.3 Å². The first-order valence-electron chi connectivity index (χ1n) is 9.90. The summed E-state index contributed by atoms with van der Waals surface area (Å²) >= 11 is 0. The molecule has 4 heteroatoms. The zero-order valence-electron chi connectivity index (χ0n) is 15.4. The van der Waals surface area contributed by atoms with Gasteiger partial charge in [0.2, 0.25) is 0 Å². The first-order chi connectivity index (χ1) is 12.3. The summed E-state index contributed by atoms with van der Waals surface area (Å²) in [5.74, 6) is 0.624. The number of hydrogen-bond acceptors (Lipinski definition) is 3. The number of likely N-dealkylation sites (tertiary alicyclic amines) is 1. The zero-order valence-corrected chi connectivity index (χ0v) is 15.4. The summed E-state index contributed by atoms with van der Waals surface area (Å²) < 4.78 is 11.7. The highest BCUT2D eigenvalue weighted by Crippen LogP contribution is 2.38. The van der Waals surface area contributed by atoms with Gasteiger partial charge in [0.15, 0.2) is 0 Å². The summed E-state index contributed by atoms with van der Waals surface area (Å²) in [5.41, 5.74) is 1.31. The van der Waals surface area contributed by atoms with Crippen molar-refractivity contribution in [1.29, 1.82) is 0 Å². The summed E-state index contributed by atoms with van der Waals surface area (Å²) in [6.45, 7) is 3.75. The molecule has 25 heavy (non-hydrogen) atoms. The maximum Gasteiger partial charge on any atom is 0.409 e. The van der Waals surface area contributed by atoms with Crippen molar-refractivity contribution in [3.05, 3.63) is 35.9 Å². The molecule has 2 aliphatic rings.